The van der Waals surface area contributed by atoms with E-state index in [4.69, 9.17) is 0 Å². The van der Waals surface area contributed by atoms with Crippen LogP contribution in [0, 0.1) is 5.92 Å². The summed E-state index contributed by atoms with van der Waals surface area (Å²) in [5, 5.41) is 2.23. The molecule has 2 atom stereocenters. The predicted molar refractivity (Wildman–Crippen MR) is 78.0 cm³/mol. The molecule has 0 aliphatic carbocycles. The van der Waals surface area contributed by atoms with Gasteiger partial charge in [0.15, 0.2) is 0 Å². The Morgan fingerprint density at radius 1 is 1.15 bits per heavy atom. The third kappa shape index (κ3) is 1.46. The van der Waals surface area contributed by atoms with Crippen molar-refractivity contribution < 1.29 is 9.59 Å². The first-order valence-electron chi connectivity index (χ1n) is 6.81. The van der Waals surface area contributed by atoms with Crippen molar-refractivity contribution in [2.24, 2.45) is 5.92 Å². The molecule has 1 saturated heterocycles. The fourth-order valence-corrected chi connectivity index (χ4v) is 3.29. The zero-order valence-corrected chi connectivity index (χ0v) is 11.9. The van der Waals surface area contributed by atoms with Crippen LogP contribution in [0.2, 0.25) is 0 Å². The number of hydrogen-bond acceptors (Lipinski definition) is 2. The fraction of sp³-hybridized carbons (Fsp3) is 0.294. The summed E-state index contributed by atoms with van der Waals surface area (Å²) >= 11 is 0. The van der Waals surface area contributed by atoms with Crippen molar-refractivity contribution in [1.82, 2.24) is 4.90 Å². The van der Waals surface area contributed by atoms with Crippen molar-refractivity contribution in [3.8, 4) is 0 Å². The summed E-state index contributed by atoms with van der Waals surface area (Å²) in [5.41, 5.74) is 0.488. The molecule has 1 aliphatic rings. The number of benzene rings is 2. The van der Waals surface area contributed by atoms with Crippen LogP contribution in [0.15, 0.2) is 42.5 Å². The smallest absolute Gasteiger partial charge is 0.235 e. The molecule has 2 aromatic rings. The van der Waals surface area contributed by atoms with Gasteiger partial charge >= 0.3 is 0 Å². The monoisotopic (exact) mass is 267 g/mol. The lowest BCUT2D eigenvalue weighted by Crippen LogP contribution is -2.67. The minimum atomic E-state index is -0.552. The van der Waals surface area contributed by atoms with E-state index in [1.165, 1.54) is 11.8 Å². The normalized spacial score (nSPS) is 25.6. The van der Waals surface area contributed by atoms with E-state index in [-0.39, 0.29) is 17.7 Å². The van der Waals surface area contributed by atoms with Crippen molar-refractivity contribution in [2.75, 3.05) is 0 Å². The quantitative estimate of drug-likeness (QED) is 0.745. The van der Waals surface area contributed by atoms with E-state index in [0.29, 0.717) is 0 Å². The van der Waals surface area contributed by atoms with Crippen molar-refractivity contribution in [1.29, 1.82) is 0 Å². The highest BCUT2D eigenvalue weighted by Crippen LogP contribution is 2.47. The molecule has 1 heterocycles. The summed E-state index contributed by atoms with van der Waals surface area (Å²) in [5.74, 6) is -0.464. The lowest BCUT2D eigenvalue weighted by atomic mass is 9.69. The second-order valence-electron chi connectivity index (χ2n) is 5.59. The van der Waals surface area contributed by atoms with E-state index < -0.39 is 5.54 Å². The largest absolute Gasteiger partial charge is 0.275 e. The first-order chi connectivity index (χ1) is 9.48. The van der Waals surface area contributed by atoms with Gasteiger partial charge in [-0.15, -0.1) is 0 Å². The molecule has 3 heteroatoms. The maximum atomic E-state index is 12.0. The molecule has 102 valence electrons. The standard InChI is InChI=1S/C17H17NO2/c1-11-16(20)18(12(2)19)17(11,3)15-10-6-8-13-7-4-5-9-14(13)15/h4-11H,1-3H3/t11-,17-/m0/s1. The van der Waals surface area contributed by atoms with Crippen molar-refractivity contribution in [3.05, 3.63) is 48.0 Å². The van der Waals surface area contributed by atoms with Crippen molar-refractivity contribution >= 4 is 22.6 Å². The number of carbonyl (C=O) groups is 2. The van der Waals surface area contributed by atoms with Crippen LogP contribution in [-0.4, -0.2) is 16.7 Å². The van der Waals surface area contributed by atoms with Gasteiger partial charge in [-0.2, -0.15) is 0 Å². The van der Waals surface area contributed by atoms with Gasteiger partial charge in [-0.05, 0) is 23.3 Å². The Morgan fingerprint density at radius 3 is 2.50 bits per heavy atom. The Kier molecular flexibility index (Phi) is 2.68. The second kappa shape index (κ2) is 4.17. The summed E-state index contributed by atoms with van der Waals surface area (Å²) in [6, 6.07) is 14.1. The first kappa shape index (κ1) is 12.9. The predicted octanol–water partition coefficient (Wildman–Crippen LogP) is 3.08. The van der Waals surface area contributed by atoms with Gasteiger partial charge in [0.05, 0.1) is 11.5 Å². The Balaban J connectivity index is 2.24. The van der Waals surface area contributed by atoms with Crippen molar-refractivity contribution in [2.45, 2.75) is 26.3 Å². The summed E-state index contributed by atoms with van der Waals surface area (Å²) in [6.45, 7) is 5.32. The van der Waals surface area contributed by atoms with Gasteiger partial charge in [0.25, 0.3) is 0 Å². The molecule has 20 heavy (non-hydrogen) atoms. The number of carbonyl (C=O) groups excluding carboxylic acids is 2. The summed E-state index contributed by atoms with van der Waals surface area (Å²) < 4.78 is 0. The second-order valence-corrected chi connectivity index (χ2v) is 5.59. The van der Waals surface area contributed by atoms with Gasteiger partial charge < -0.3 is 0 Å². The Labute approximate surface area is 118 Å². The Hall–Kier alpha value is -2.16. The lowest BCUT2D eigenvalue weighted by molar-refractivity contribution is -0.176. The number of rotatable bonds is 1. The van der Waals surface area contributed by atoms with Gasteiger partial charge in [-0.25, -0.2) is 0 Å². The number of β-lactam (4-membered cyclic amide) rings is 1. The van der Waals surface area contributed by atoms with E-state index in [2.05, 4.69) is 0 Å². The van der Waals surface area contributed by atoms with Crippen LogP contribution in [0.5, 0.6) is 0 Å². The van der Waals surface area contributed by atoms with E-state index in [0.717, 1.165) is 16.3 Å². The Morgan fingerprint density at radius 2 is 1.80 bits per heavy atom. The highest BCUT2D eigenvalue weighted by Gasteiger charge is 2.57. The third-order valence-corrected chi connectivity index (χ3v) is 4.55. The van der Waals surface area contributed by atoms with Crippen LogP contribution in [0.25, 0.3) is 10.8 Å². The molecule has 0 radical (unpaired) electrons. The van der Waals surface area contributed by atoms with Gasteiger partial charge in [0.1, 0.15) is 0 Å². The molecule has 2 amide bonds. The van der Waals surface area contributed by atoms with Gasteiger partial charge in [0.2, 0.25) is 11.8 Å². The molecule has 0 spiro atoms. The maximum absolute atomic E-state index is 12.0. The average molecular weight is 267 g/mol. The van der Waals surface area contributed by atoms with Gasteiger partial charge in [0, 0.05) is 6.92 Å². The topological polar surface area (TPSA) is 37.4 Å². The van der Waals surface area contributed by atoms with E-state index >= 15 is 0 Å². The van der Waals surface area contributed by atoms with Crippen LogP contribution in [0.1, 0.15) is 26.3 Å². The zero-order valence-electron chi connectivity index (χ0n) is 11.9. The number of nitrogens with zero attached hydrogens (tertiary/aromatic N) is 1. The zero-order chi connectivity index (χ0) is 14.5. The molecule has 0 aromatic heterocycles. The first-order valence-corrected chi connectivity index (χ1v) is 6.81. The summed E-state index contributed by atoms with van der Waals surface area (Å²) in [4.78, 5) is 25.2. The highest BCUT2D eigenvalue weighted by atomic mass is 16.2. The van der Waals surface area contributed by atoms with Crippen LogP contribution >= 0.6 is 0 Å². The molecule has 0 bridgehead atoms. The molecule has 1 fully saturated rings. The molecule has 3 rings (SSSR count). The number of hydrogen-bond donors (Lipinski definition) is 0. The summed E-state index contributed by atoms with van der Waals surface area (Å²) in [7, 11) is 0. The fourth-order valence-electron chi connectivity index (χ4n) is 3.29. The molecule has 0 saturated carbocycles. The molecule has 3 nitrogen and oxygen atoms in total. The molecule has 0 N–H and O–H groups in total. The molecule has 2 aromatic carbocycles. The highest BCUT2D eigenvalue weighted by molar-refractivity contribution is 6.04. The van der Waals surface area contributed by atoms with Crippen LogP contribution in [0.3, 0.4) is 0 Å². The number of amides is 2. The molecular weight excluding hydrogens is 250 g/mol. The van der Waals surface area contributed by atoms with Crippen LogP contribution in [0.4, 0.5) is 0 Å². The minimum Gasteiger partial charge on any atom is -0.275 e. The Bertz CT molecular complexity index is 717. The summed E-state index contributed by atoms with van der Waals surface area (Å²) in [6.07, 6.45) is 0. The third-order valence-electron chi connectivity index (χ3n) is 4.55. The maximum Gasteiger partial charge on any atom is 0.235 e. The SMILES string of the molecule is CC(=O)N1C(=O)[C@H](C)[C@@]1(C)c1cccc2ccccc12. The average Bonchev–Trinajstić information content (AvgIpc) is 2.45. The molecule has 1 aliphatic heterocycles. The van der Waals surface area contributed by atoms with E-state index in [1.54, 1.807) is 0 Å². The van der Waals surface area contributed by atoms with E-state index in [1.807, 2.05) is 56.3 Å². The number of imide groups is 1. The van der Waals surface area contributed by atoms with Gasteiger partial charge in [-0.1, -0.05) is 49.4 Å². The van der Waals surface area contributed by atoms with Gasteiger partial charge in [-0.3, -0.25) is 14.5 Å². The minimum absolute atomic E-state index is 0.0899. The molecular formula is C17H17NO2. The van der Waals surface area contributed by atoms with Crippen LogP contribution < -0.4 is 0 Å². The molecule has 0 unspecified atom stereocenters. The van der Waals surface area contributed by atoms with Crippen LogP contribution in [-0.2, 0) is 15.1 Å². The lowest BCUT2D eigenvalue weighted by Gasteiger charge is -2.53. The number of fused-ring (bicyclic) bond motifs is 1. The van der Waals surface area contributed by atoms with Crippen molar-refractivity contribution in [3.63, 3.8) is 0 Å². The number of likely N-dealkylation sites (tertiary alicyclic amines) is 1. The van der Waals surface area contributed by atoms with E-state index in [9.17, 15) is 9.59 Å².